The van der Waals surface area contributed by atoms with E-state index < -0.39 is 0 Å². The van der Waals surface area contributed by atoms with Crippen LogP contribution in [-0.2, 0) is 25.7 Å². The molecule has 4 aromatic rings. The third-order valence-corrected chi connectivity index (χ3v) is 7.40. The van der Waals surface area contributed by atoms with Gasteiger partial charge in [0.2, 0.25) is 11.9 Å². The van der Waals surface area contributed by atoms with Crippen LogP contribution in [0, 0.1) is 0 Å². The summed E-state index contributed by atoms with van der Waals surface area (Å²) in [5.74, 6) is 1.28. The van der Waals surface area contributed by atoms with Crippen molar-refractivity contribution in [2.75, 3.05) is 25.1 Å². The molecule has 184 valence electrons. The molecule has 1 aromatic carbocycles. The van der Waals surface area contributed by atoms with E-state index in [1.54, 1.807) is 4.68 Å². The standard InChI is InChI=1S/C27H31N9/c1-35(2)21-12-9-17-8-11-20(15-18(17)10-13-21)30-27-31-26(28)36(34-27)24-16-19-5-3-7-23-22(6-4-14-29-23)25(19)33-32-24/h4,6,8,11,14-16,21H,3,5,7,9-10,12-13H2,1-2H3,(H3,28,30,31,34)/t21-/m0/s1. The van der Waals surface area contributed by atoms with Crippen LogP contribution in [0.1, 0.15) is 41.6 Å². The van der Waals surface area contributed by atoms with Crippen LogP contribution in [-0.4, -0.2) is 55.0 Å². The second-order valence-corrected chi connectivity index (χ2v) is 9.94. The van der Waals surface area contributed by atoms with E-state index in [1.165, 1.54) is 24.0 Å². The minimum absolute atomic E-state index is 0.269. The number of fused-ring (bicyclic) bond motifs is 4. The van der Waals surface area contributed by atoms with Gasteiger partial charge in [-0.1, -0.05) is 6.07 Å². The van der Waals surface area contributed by atoms with Crippen molar-refractivity contribution in [1.82, 2.24) is 34.8 Å². The van der Waals surface area contributed by atoms with Gasteiger partial charge >= 0.3 is 0 Å². The van der Waals surface area contributed by atoms with Crippen molar-refractivity contribution >= 4 is 17.6 Å². The van der Waals surface area contributed by atoms with E-state index in [4.69, 9.17) is 5.73 Å². The molecule has 1 atom stereocenters. The first-order chi connectivity index (χ1) is 17.5. The number of benzene rings is 1. The van der Waals surface area contributed by atoms with Crippen molar-refractivity contribution in [2.24, 2.45) is 0 Å². The fraction of sp³-hybridized carbons (Fsp3) is 0.370. The smallest absolute Gasteiger partial charge is 0.248 e. The lowest BCUT2D eigenvalue weighted by molar-refractivity contribution is 0.269. The van der Waals surface area contributed by atoms with E-state index in [1.807, 2.05) is 18.3 Å². The highest BCUT2D eigenvalue weighted by Gasteiger charge is 2.21. The molecule has 0 fully saturated rings. The predicted molar refractivity (Wildman–Crippen MR) is 140 cm³/mol. The van der Waals surface area contributed by atoms with Crippen molar-refractivity contribution in [3.05, 3.63) is 65.0 Å². The lowest BCUT2D eigenvalue weighted by atomic mass is 10.0. The Balaban J connectivity index is 1.25. The molecule has 3 N–H and O–H groups in total. The molecule has 0 radical (unpaired) electrons. The molecule has 3 heterocycles. The molecule has 2 aliphatic rings. The summed E-state index contributed by atoms with van der Waals surface area (Å²) in [6.45, 7) is 0. The van der Waals surface area contributed by atoms with Crippen LogP contribution in [0.2, 0.25) is 0 Å². The summed E-state index contributed by atoms with van der Waals surface area (Å²) < 4.78 is 1.55. The molecular formula is C27H31N9. The van der Waals surface area contributed by atoms with Gasteiger partial charge in [-0.3, -0.25) is 4.98 Å². The Hall–Kier alpha value is -3.85. The van der Waals surface area contributed by atoms with E-state index in [0.29, 0.717) is 17.8 Å². The molecule has 36 heavy (non-hydrogen) atoms. The molecule has 2 aliphatic carbocycles. The summed E-state index contributed by atoms with van der Waals surface area (Å²) in [6, 6.07) is 13.2. The largest absolute Gasteiger partial charge is 0.368 e. The van der Waals surface area contributed by atoms with E-state index in [0.717, 1.165) is 60.3 Å². The van der Waals surface area contributed by atoms with Gasteiger partial charge < -0.3 is 16.0 Å². The van der Waals surface area contributed by atoms with Crippen LogP contribution in [0.5, 0.6) is 0 Å². The second kappa shape index (κ2) is 9.31. The number of aromatic nitrogens is 6. The lowest BCUT2D eigenvalue weighted by Gasteiger charge is -2.21. The SMILES string of the molecule is CN(C)[C@H]1CCc2ccc(Nc3nc(N)n(-c4cc5c(nn4)-c4cccnc4CCC5)n3)cc2CC1. The van der Waals surface area contributed by atoms with Crippen molar-refractivity contribution < 1.29 is 0 Å². The first kappa shape index (κ1) is 22.6. The summed E-state index contributed by atoms with van der Waals surface area (Å²) >= 11 is 0. The van der Waals surface area contributed by atoms with Gasteiger partial charge in [-0.25, -0.2) is 0 Å². The molecule has 0 unspecified atom stereocenters. The highest BCUT2D eigenvalue weighted by atomic mass is 15.4. The fourth-order valence-electron chi connectivity index (χ4n) is 5.40. The molecule has 0 spiro atoms. The minimum Gasteiger partial charge on any atom is -0.368 e. The number of hydrogen-bond donors (Lipinski definition) is 2. The Bertz CT molecular complexity index is 1410. The molecule has 9 heteroatoms. The van der Waals surface area contributed by atoms with Crippen molar-refractivity contribution in [1.29, 1.82) is 0 Å². The summed E-state index contributed by atoms with van der Waals surface area (Å²) in [5.41, 5.74) is 14.2. The van der Waals surface area contributed by atoms with Gasteiger partial charge in [0.25, 0.3) is 0 Å². The first-order valence-electron chi connectivity index (χ1n) is 12.6. The third-order valence-electron chi connectivity index (χ3n) is 7.40. The maximum Gasteiger partial charge on any atom is 0.248 e. The molecule has 0 aliphatic heterocycles. The van der Waals surface area contributed by atoms with E-state index in [2.05, 4.69) is 73.8 Å². The zero-order valence-electron chi connectivity index (χ0n) is 20.8. The Morgan fingerprint density at radius 1 is 0.972 bits per heavy atom. The number of anilines is 3. The minimum atomic E-state index is 0.269. The molecule has 0 amide bonds. The van der Waals surface area contributed by atoms with Gasteiger partial charge in [-0.15, -0.1) is 15.3 Å². The van der Waals surface area contributed by atoms with E-state index >= 15 is 0 Å². The Morgan fingerprint density at radius 2 is 1.83 bits per heavy atom. The number of nitrogens with one attached hydrogen (secondary N) is 1. The highest BCUT2D eigenvalue weighted by Crippen LogP contribution is 2.31. The number of nitrogens with two attached hydrogens (primary N) is 1. The zero-order valence-corrected chi connectivity index (χ0v) is 20.8. The Morgan fingerprint density at radius 3 is 2.69 bits per heavy atom. The molecular weight excluding hydrogens is 450 g/mol. The average Bonchev–Trinajstić information content (AvgIpc) is 3.03. The quantitative estimate of drug-likeness (QED) is 0.424. The number of nitrogens with zero attached hydrogens (tertiary/aromatic N) is 7. The van der Waals surface area contributed by atoms with Gasteiger partial charge in [0.1, 0.15) is 0 Å². The van der Waals surface area contributed by atoms with Crippen molar-refractivity contribution in [3.63, 3.8) is 0 Å². The first-order valence-corrected chi connectivity index (χ1v) is 12.6. The summed E-state index contributed by atoms with van der Waals surface area (Å²) in [5, 5.41) is 16.9. The number of aryl methyl sites for hydroxylation is 4. The zero-order chi connectivity index (χ0) is 24.6. The van der Waals surface area contributed by atoms with Gasteiger partial charge in [0.15, 0.2) is 5.82 Å². The maximum absolute atomic E-state index is 6.25. The van der Waals surface area contributed by atoms with Crippen LogP contribution in [0.25, 0.3) is 17.1 Å². The van der Waals surface area contributed by atoms with E-state index in [-0.39, 0.29) is 5.95 Å². The van der Waals surface area contributed by atoms with Gasteiger partial charge in [-0.2, -0.15) is 9.67 Å². The highest BCUT2D eigenvalue weighted by molar-refractivity contribution is 5.67. The molecule has 0 saturated heterocycles. The van der Waals surface area contributed by atoms with Crippen LogP contribution in [0.4, 0.5) is 17.6 Å². The van der Waals surface area contributed by atoms with Crippen molar-refractivity contribution in [3.8, 4) is 17.1 Å². The molecule has 0 saturated carbocycles. The van der Waals surface area contributed by atoms with E-state index in [9.17, 15) is 0 Å². The summed E-state index contributed by atoms with van der Waals surface area (Å²) in [6.07, 6.45) is 9.21. The number of rotatable bonds is 4. The number of hydrogen-bond acceptors (Lipinski definition) is 8. The van der Waals surface area contributed by atoms with Crippen LogP contribution >= 0.6 is 0 Å². The second-order valence-electron chi connectivity index (χ2n) is 9.94. The van der Waals surface area contributed by atoms with Crippen LogP contribution < -0.4 is 11.1 Å². The average molecular weight is 482 g/mol. The molecule has 0 bridgehead atoms. The van der Waals surface area contributed by atoms with Crippen LogP contribution in [0.3, 0.4) is 0 Å². The number of nitrogen functional groups attached to an aromatic ring is 1. The van der Waals surface area contributed by atoms with Crippen LogP contribution in [0.15, 0.2) is 42.6 Å². The lowest BCUT2D eigenvalue weighted by Crippen LogP contribution is -2.27. The molecule has 6 rings (SSSR count). The Kier molecular flexibility index (Phi) is 5.85. The Labute approximate surface area is 210 Å². The van der Waals surface area contributed by atoms with Gasteiger partial charge in [0.05, 0.1) is 5.69 Å². The summed E-state index contributed by atoms with van der Waals surface area (Å²) in [4.78, 5) is 11.3. The van der Waals surface area contributed by atoms with Gasteiger partial charge in [0, 0.05) is 29.2 Å². The predicted octanol–water partition coefficient (Wildman–Crippen LogP) is 3.74. The van der Waals surface area contributed by atoms with Crippen molar-refractivity contribution in [2.45, 2.75) is 51.0 Å². The fourth-order valence-corrected chi connectivity index (χ4v) is 5.40. The number of pyridine rings is 1. The topological polar surface area (TPSA) is 111 Å². The normalized spacial score (nSPS) is 17.0. The maximum atomic E-state index is 6.25. The molecule has 9 nitrogen and oxygen atoms in total. The van der Waals surface area contributed by atoms with Gasteiger partial charge in [-0.05, 0) is 106 Å². The summed E-state index contributed by atoms with van der Waals surface area (Å²) in [7, 11) is 4.34. The third kappa shape index (κ3) is 4.30. The molecule has 3 aromatic heterocycles. The monoisotopic (exact) mass is 481 g/mol.